The summed E-state index contributed by atoms with van der Waals surface area (Å²) in [6.07, 6.45) is 2.63. The van der Waals surface area contributed by atoms with Crippen LogP contribution in [0.1, 0.15) is 18.4 Å². The molecule has 0 radical (unpaired) electrons. The maximum absolute atomic E-state index is 6.03. The first-order valence-electron chi connectivity index (χ1n) is 6.62. The van der Waals surface area contributed by atoms with Crippen LogP contribution in [0.2, 0.25) is 5.02 Å². The molecular formula is C14H18BrClN2. The molecule has 2 fully saturated rings. The van der Waals surface area contributed by atoms with Crippen molar-refractivity contribution in [2.45, 2.75) is 25.4 Å². The number of hydrogen-bond acceptors (Lipinski definition) is 2. The van der Waals surface area contributed by atoms with Crippen molar-refractivity contribution in [1.29, 1.82) is 0 Å². The molecule has 2 aliphatic rings. The average molecular weight is 330 g/mol. The normalized spacial score (nSPS) is 28.3. The smallest absolute Gasteiger partial charge is 0.0548 e. The maximum atomic E-state index is 6.03. The van der Waals surface area contributed by atoms with E-state index in [4.69, 9.17) is 11.6 Å². The van der Waals surface area contributed by atoms with E-state index in [1.807, 2.05) is 6.07 Å². The Bertz CT molecular complexity index is 438. The van der Waals surface area contributed by atoms with Crippen LogP contribution in [0.4, 0.5) is 0 Å². The molecule has 2 heterocycles. The van der Waals surface area contributed by atoms with Crippen molar-refractivity contribution >= 4 is 27.5 Å². The summed E-state index contributed by atoms with van der Waals surface area (Å²) in [5.41, 5.74) is 1.34. The summed E-state index contributed by atoms with van der Waals surface area (Å²) in [5, 5.41) is 4.40. The van der Waals surface area contributed by atoms with Crippen molar-refractivity contribution in [3.8, 4) is 0 Å². The van der Waals surface area contributed by atoms with Gasteiger partial charge in [0, 0.05) is 23.6 Å². The number of rotatable bonds is 2. The molecule has 2 saturated heterocycles. The summed E-state index contributed by atoms with van der Waals surface area (Å²) in [6.45, 7) is 4.68. The summed E-state index contributed by atoms with van der Waals surface area (Å²) in [5.74, 6) is 0.856. The monoisotopic (exact) mass is 328 g/mol. The van der Waals surface area contributed by atoms with Gasteiger partial charge in [-0.25, -0.2) is 0 Å². The number of nitrogens with zero attached hydrogens (tertiary/aromatic N) is 1. The van der Waals surface area contributed by atoms with Crippen LogP contribution < -0.4 is 5.32 Å². The van der Waals surface area contributed by atoms with E-state index in [1.165, 1.54) is 38.0 Å². The Labute approximate surface area is 122 Å². The fourth-order valence-electron chi connectivity index (χ4n) is 3.16. The first-order chi connectivity index (χ1) is 8.72. The molecule has 1 N–H and O–H groups in total. The van der Waals surface area contributed by atoms with Crippen LogP contribution in [0.25, 0.3) is 0 Å². The molecule has 1 aromatic rings. The molecule has 0 amide bonds. The lowest BCUT2D eigenvalue weighted by atomic mass is 9.93. The van der Waals surface area contributed by atoms with Crippen molar-refractivity contribution in [3.63, 3.8) is 0 Å². The van der Waals surface area contributed by atoms with Crippen LogP contribution in [0.5, 0.6) is 0 Å². The van der Waals surface area contributed by atoms with Gasteiger partial charge in [-0.1, -0.05) is 17.7 Å². The molecule has 4 heteroatoms. The highest BCUT2D eigenvalue weighted by atomic mass is 79.9. The second-order valence-corrected chi connectivity index (χ2v) is 6.64. The largest absolute Gasteiger partial charge is 0.314 e. The number of nitrogens with one attached hydrogen (secondary N) is 1. The number of benzene rings is 1. The second kappa shape index (κ2) is 5.49. The Morgan fingerprint density at radius 3 is 3.11 bits per heavy atom. The van der Waals surface area contributed by atoms with E-state index in [9.17, 15) is 0 Å². The number of halogens is 2. The van der Waals surface area contributed by atoms with Crippen molar-refractivity contribution < 1.29 is 0 Å². The highest BCUT2D eigenvalue weighted by Crippen LogP contribution is 2.27. The SMILES string of the molecule is Clc1ccc(CN2CCC3NCCC3C2)cc1Br. The number of likely N-dealkylation sites (tertiary alicyclic amines) is 1. The fraction of sp³-hybridized carbons (Fsp3) is 0.571. The fourth-order valence-corrected chi connectivity index (χ4v) is 3.71. The van der Waals surface area contributed by atoms with Crippen LogP contribution in [-0.2, 0) is 6.54 Å². The van der Waals surface area contributed by atoms with E-state index in [1.54, 1.807) is 0 Å². The first-order valence-corrected chi connectivity index (χ1v) is 7.79. The van der Waals surface area contributed by atoms with Gasteiger partial charge in [0.05, 0.1) is 5.02 Å². The molecule has 0 aromatic heterocycles. The molecule has 0 bridgehead atoms. The highest BCUT2D eigenvalue weighted by molar-refractivity contribution is 9.10. The van der Waals surface area contributed by atoms with Gasteiger partial charge in [0.1, 0.15) is 0 Å². The molecule has 0 saturated carbocycles. The second-order valence-electron chi connectivity index (χ2n) is 5.38. The number of hydrogen-bond donors (Lipinski definition) is 1. The zero-order valence-corrected chi connectivity index (χ0v) is 12.7. The predicted octanol–water partition coefficient (Wildman–Crippen LogP) is 3.29. The lowest BCUT2D eigenvalue weighted by Crippen LogP contribution is -2.43. The van der Waals surface area contributed by atoms with E-state index >= 15 is 0 Å². The Morgan fingerprint density at radius 1 is 1.39 bits per heavy atom. The number of piperidine rings is 1. The minimum Gasteiger partial charge on any atom is -0.314 e. The van der Waals surface area contributed by atoms with Gasteiger partial charge >= 0.3 is 0 Å². The predicted molar refractivity (Wildman–Crippen MR) is 78.9 cm³/mol. The number of fused-ring (bicyclic) bond motifs is 1. The van der Waals surface area contributed by atoms with Gasteiger partial charge in [-0.05, 0) is 65.5 Å². The van der Waals surface area contributed by atoms with Gasteiger partial charge in [-0.3, -0.25) is 4.90 Å². The quantitative estimate of drug-likeness (QED) is 0.896. The molecule has 0 aliphatic carbocycles. The van der Waals surface area contributed by atoms with Crippen LogP contribution in [0.15, 0.2) is 22.7 Å². The molecule has 18 heavy (non-hydrogen) atoms. The van der Waals surface area contributed by atoms with Gasteiger partial charge in [-0.2, -0.15) is 0 Å². The van der Waals surface area contributed by atoms with Crippen molar-refractivity contribution in [2.75, 3.05) is 19.6 Å². The van der Waals surface area contributed by atoms with E-state index in [-0.39, 0.29) is 0 Å². The lowest BCUT2D eigenvalue weighted by Gasteiger charge is -2.34. The van der Waals surface area contributed by atoms with Gasteiger partial charge in [-0.15, -0.1) is 0 Å². The Balaban J connectivity index is 1.64. The average Bonchev–Trinajstić information content (AvgIpc) is 2.81. The molecule has 2 atom stereocenters. The third kappa shape index (κ3) is 2.74. The molecule has 3 rings (SSSR count). The van der Waals surface area contributed by atoms with Gasteiger partial charge in [0.25, 0.3) is 0 Å². The summed E-state index contributed by atoms with van der Waals surface area (Å²) in [4.78, 5) is 2.57. The Morgan fingerprint density at radius 2 is 2.28 bits per heavy atom. The molecule has 0 spiro atoms. The van der Waals surface area contributed by atoms with Gasteiger partial charge in [0.2, 0.25) is 0 Å². The van der Waals surface area contributed by atoms with Crippen molar-refractivity contribution in [2.24, 2.45) is 5.92 Å². The zero-order valence-electron chi connectivity index (χ0n) is 10.3. The third-order valence-electron chi connectivity index (χ3n) is 4.13. The summed E-state index contributed by atoms with van der Waals surface area (Å²) >= 11 is 9.52. The Hall–Kier alpha value is -0.0900. The maximum Gasteiger partial charge on any atom is 0.0548 e. The third-order valence-corrected chi connectivity index (χ3v) is 5.34. The van der Waals surface area contributed by atoms with Crippen LogP contribution >= 0.6 is 27.5 Å². The zero-order chi connectivity index (χ0) is 12.5. The van der Waals surface area contributed by atoms with E-state index in [0.717, 1.165) is 28.0 Å². The molecule has 1 aromatic carbocycles. The topological polar surface area (TPSA) is 15.3 Å². The van der Waals surface area contributed by atoms with Gasteiger partial charge in [0.15, 0.2) is 0 Å². The molecular weight excluding hydrogens is 312 g/mol. The minimum atomic E-state index is 0.776. The molecule has 2 unspecified atom stereocenters. The molecule has 98 valence electrons. The van der Waals surface area contributed by atoms with E-state index < -0.39 is 0 Å². The molecule has 2 nitrogen and oxygen atoms in total. The van der Waals surface area contributed by atoms with Crippen molar-refractivity contribution in [1.82, 2.24) is 10.2 Å². The summed E-state index contributed by atoms with van der Waals surface area (Å²) in [7, 11) is 0. The lowest BCUT2D eigenvalue weighted by molar-refractivity contribution is 0.156. The Kier molecular flexibility index (Phi) is 3.94. The van der Waals surface area contributed by atoms with Crippen LogP contribution in [-0.4, -0.2) is 30.6 Å². The van der Waals surface area contributed by atoms with Crippen LogP contribution in [0, 0.1) is 5.92 Å². The minimum absolute atomic E-state index is 0.776. The van der Waals surface area contributed by atoms with Gasteiger partial charge < -0.3 is 5.32 Å². The first kappa shape index (κ1) is 12.9. The summed E-state index contributed by atoms with van der Waals surface area (Å²) < 4.78 is 0.999. The standard InChI is InChI=1S/C14H18BrClN2/c15-12-7-10(1-2-13(12)16)8-18-6-4-14-11(9-18)3-5-17-14/h1-2,7,11,14,17H,3-6,8-9H2. The highest BCUT2D eigenvalue weighted by Gasteiger charge is 2.32. The molecule has 2 aliphatic heterocycles. The van der Waals surface area contributed by atoms with Crippen LogP contribution in [0.3, 0.4) is 0 Å². The van der Waals surface area contributed by atoms with E-state index in [2.05, 4.69) is 38.3 Å². The van der Waals surface area contributed by atoms with Crippen molar-refractivity contribution in [3.05, 3.63) is 33.3 Å². The summed E-state index contributed by atoms with van der Waals surface area (Å²) in [6, 6.07) is 7.02. The van der Waals surface area contributed by atoms with E-state index in [0.29, 0.717) is 0 Å².